The zero-order valence-corrected chi connectivity index (χ0v) is 17.2. The molecule has 1 aliphatic rings. The van der Waals surface area contributed by atoms with E-state index in [0.717, 1.165) is 11.3 Å². The van der Waals surface area contributed by atoms with E-state index in [2.05, 4.69) is 15.6 Å². The van der Waals surface area contributed by atoms with Crippen LogP contribution in [-0.2, 0) is 4.79 Å². The lowest BCUT2D eigenvalue weighted by Gasteiger charge is -2.37. The Balaban J connectivity index is 1.59. The number of anilines is 2. The first-order valence-corrected chi connectivity index (χ1v) is 9.69. The number of nitrogens with one attached hydrogen (secondary N) is 2. The number of carbonyl (C=O) groups excluding carboxylic acids is 2. The lowest BCUT2D eigenvalue weighted by atomic mass is 10.0. The molecule has 1 aliphatic heterocycles. The van der Waals surface area contributed by atoms with E-state index in [0.29, 0.717) is 22.9 Å². The third kappa shape index (κ3) is 4.28. The van der Waals surface area contributed by atoms with E-state index in [-0.39, 0.29) is 18.4 Å². The summed E-state index contributed by atoms with van der Waals surface area (Å²) >= 11 is 0. The number of fused-ring (bicyclic) bond motifs is 1. The predicted octanol–water partition coefficient (Wildman–Crippen LogP) is 3.30. The maximum Gasteiger partial charge on any atom is 0.258 e. The molecule has 31 heavy (non-hydrogen) atoms. The average molecular weight is 418 g/mol. The average Bonchev–Trinajstić information content (AvgIpc) is 2.81. The SMILES string of the molecule is COc1ccc([C@H]2Nc3ccccc3C(=O)N2CC(=O)Nc2ccc(OC)nc2)cc1. The van der Waals surface area contributed by atoms with Crippen molar-refractivity contribution < 1.29 is 19.1 Å². The first-order valence-electron chi connectivity index (χ1n) is 9.69. The molecule has 3 aromatic rings. The minimum Gasteiger partial charge on any atom is -0.497 e. The van der Waals surface area contributed by atoms with Crippen LogP contribution in [0.2, 0.25) is 0 Å². The Morgan fingerprint density at radius 2 is 1.84 bits per heavy atom. The number of hydrogen-bond donors (Lipinski definition) is 2. The normalized spacial score (nSPS) is 15.0. The maximum atomic E-state index is 13.2. The van der Waals surface area contributed by atoms with Gasteiger partial charge in [-0.2, -0.15) is 0 Å². The number of nitrogens with zero attached hydrogens (tertiary/aromatic N) is 2. The van der Waals surface area contributed by atoms with Gasteiger partial charge in [-0.15, -0.1) is 0 Å². The van der Waals surface area contributed by atoms with Crippen molar-refractivity contribution >= 4 is 23.2 Å². The number of methoxy groups -OCH3 is 2. The van der Waals surface area contributed by atoms with Crippen molar-refractivity contribution in [2.45, 2.75) is 6.17 Å². The molecule has 158 valence electrons. The van der Waals surface area contributed by atoms with Crippen LogP contribution in [0.5, 0.6) is 11.6 Å². The van der Waals surface area contributed by atoms with Crippen LogP contribution in [0, 0.1) is 0 Å². The summed E-state index contributed by atoms with van der Waals surface area (Å²) in [5.74, 6) is 0.602. The first kappa shape index (κ1) is 20.2. The van der Waals surface area contributed by atoms with E-state index < -0.39 is 6.17 Å². The molecule has 8 heteroatoms. The largest absolute Gasteiger partial charge is 0.497 e. The Hall–Kier alpha value is -4.07. The highest BCUT2D eigenvalue weighted by molar-refractivity contribution is 6.04. The number of rotatable bonds is 6. The van der Waals surface area contributed by atoms with Gasteiger partial charge in [0.2, 0.25) is 11.8 Å². The first-order chi connectivity index (χ1) is 15.1. The molecule has 2 N–H and O–H groups in total. The van der Waals surface area contributed by atoms with E-state index >= 15 is 0 Å². The Labute approximate surface area is 179 Å². The van der Waals surface area contributed by atoms with Crippen molar-refractivity contribution in [3.8, 4) is 11.6 Å². The molecule has 8 nitrogen and oxygen atoms in total. The van der Waals surface area contributed by atoms with Gasteiger partial charge in [0.15, 0.2) is 0 Å². The molecule has 0 saturated carbocycles. The van der Waals surface area contributed by atoms with Gasteiger partial charge in [0.05, 0.1) is 31.7 Å². The number of benzene rings is 2. The molecule has 0 fully saturated rings. The molecule has 1 aromatic heterocycles. The molecular formula is C23H22N4O4. The van der Waals surface area contributed by atoms with Crippen molar-refractivity contribution in [1.82, 2.24) is 9.88 Å². The topological polar surface area (TPSA) is 92.8 Å². The molecule has 1 atom stereocenters. The van der Waals surface area contributed by atoms with Crippen molar-refractivity contribution in [2.75, 3.05) is 31.4 Å². The summed E-state index contributed by atoms with van der Waals surface area (Å²) in [6, 6.07) is 18.0. The molecule has 4 rings (SSSR count). The van der Waals surface area contributed by atoms with Crippen molar-refractivity contribution in [3.63, 3.8) is 0 Å². The van der Waals surface area contributed by atoms with Crippen molar-refractivity contribution in [1.29, 1.82) is 0 Å². The van der Waals surface area contributed by atoms with Crippen molar-refractivity contribution in [2.24, 2.45) is 0 Å². The second-order valence-corrected chi connectivity index (χ2v) is 6.94. The number of aromatic nitrogens is 1. The van der Waals surface area contributed by atoms with Gasteiger partial charge in [-0.25, -0.2) is 4.98 Å². The van der Waals surface area contributed by atoms with Gasteiger partial charge in [-0.1, -0.05) is 24.3 Å². The summed E-state index contributed by atoms with van der Waals surface area (Å²) in [6.45, 7) is -0.136. The van der Waals surface area contributed by atoms with E-state index in [1.54, 1.807) is 31.4 Å². The number of hydrogen-bond acceptors (Lipinski definition) is 6. The zero-order chi connectivity index (χ0) is 21.8. The summed E-state index contributed by atoms with van der Waals surface area (Å²) in [7, 11) is 3.12. The standard InChI is InChI=1S/C23H22N4O4/c1-30-17-10-7-15(8-11-17)22-26-19-6-4-3-5-18(19)23(29)27(22)14-20(28)25-16-9-12-21(31-2)24-13-16/h3-13,22,26H,14H2,1-2H3,(H,25,28)/t22-/m0/s1. The number of carbonyl (C=O) groups is 2. The third-order valence-electron chi connectivity index (χ3n) is 5.00. The second kappa shape index (κ2) is 8.74. The predicted molar refractivity (Wildman–Crippen MR) is 116 cm³/mol. The highest BCUT2D eigenvalue weighted by atomic mass is 16.5. The van der Waals surface area contributed by atoms with Gasteiger partial charge in [-0.05, 0) is 35.9 Å². The molecule has 2 amide bonds. The highest BCUT2D eigenvalue weighted by Gasteiger charge is 2.34. The minimum atomic E-state index is -0.506. The van der Waals surface area contributed by atoms with Gasteiger partial charge in [0.1, 0.15) is 18.5 Å². The fraction of sp³-hybridized carbons (Fsp3) is 0.174. The second-order valence-electron chi connectivity index (χ2n) is 6.94. The molecule has 0 saturated heterocycles. The van der Waals surface area contributed by atoms with Crippen LogP contribution < -0.4 is 20.1 Å². The number of para-hydroxylation sites is 1. The van der Waals surface area contributed by atoms with Gasteiger partial charge >= 0.3 is 0 Å². The van der Waals surface area contributed by atoms with Crippen LogP contribution in [0.1, 0.15) is 22.1 Å². The minimum absolute atomic E-state index is 0.136. The molecule has 2 heterocycles. The van der Waals surface area contributed by atoms with Gasteiger partial charge in [0, 0.05) is 11.8 Å². The molecule has 0 unspecified atom stereocenters. The van der Waals surface area contributed by atoms with Gasteiger partial charge in [-0.3, -0.25) is 9.59 Å². The van der Waals surface area contributed by atoms with Crippen LogP contribution in [0.4, 0.5) is 11.4 Å². The van der Waals surface area contributed by atoms with E-state index in [1.807, 2.05) is 36.4 Å². The van der Waals surface area contributed by atoms with Crippen molar-refractivity contribution in [3.05, 3.63) is 78.0 Å². The number of pyridine rings is 1. The van der Waals surface area contributed by atoms with Crippen LogP contribution in [0.15, 0.2) is 66.9 Å². The smallest absolute Gasteiger partial charge is 0.258 e. The fourth-order valence-corrected chi connectivity index (χ4v) is 3.44. The van der Waals surface area contributed by atoms with Gasteiger partial charge in [0.25, 0.3) is 5.91 Å². The summed E-state index contributed by atoms with van der Waals surface area (Å²) in [4.78, 5) is 31.6. The third-order valence-corrected chi connectivity index (χ3v) is 5.00. The Morgan fingerprint density at radius 3 is 2.52 bits per heavy atom. The molecule has 0 bridgehead atoms. The van der Waals surface area contributed by atoms with E-state index in [4.69, 9.17) is 9.47 Å². The van der Waals surface area contributed by atoms with Crippen LogP contribution in [-0.4, -0.2) is 42.5 Å². The maximum absolute atomic E-state index is 13.2. The van der Waals surface area contributed by atoms with Crippen LogP contribution in [0.3, 0.4) is 0 Å². The Kier molecular flexibility index (Phi) is 5.70. The van der Waals surface area contributed by atoms with Gasteiger partial charge < -0.3 is 25.0 Å². The van der Waals surface area contributed by atoms with Crippen LogP contribution in [0.25, 0.3) is 0 Å². The summed E-state index contributed by atoms with van der Waals surface area (Å²) in [5, 5.41) is 6.15. The van der Waals surface area contributed by atoms with E-state index in [1.165, 1.54) is 18.2 Å². The summed E-state index contributed by atoms with van der Waals surface area (Å²) in [5.41, 5.74) is 2.60. The molecular weight excluding hydrogens is 396 g/mol. The summed E-state index contributed by atoms with van der Waals surface area (Å²) in [6.07, 6.45) is 0.997. The van der Waals surface area contributed by atoms with Crippen LogP contribution >= 0.6 is 0 Å². The molecule has 2 aromatic carbocycles. The Bertz CT molecular complexity index is 1080. The quantitative estimate of drug-likeness (QED) is 0.638. The Morgan fingerprint density at radius 1 is 1.06 bits per heavy atom. The summed E-state index contributed by atoms with van der Waals surface area (Å²) < 4.78 is 10.3. The lowest BCUT2D eigenvalue weighted by molar-refractivity contribution is -0.117. The number of ether oxygens (including phenoxy) is 2. The zero-order valence-electron chi connectivity index (χ0n) is 17.2. The fourth-order valence-electron chi connectivity index (χ4n) is 3.44. The monoisotopic (exact) mass is 418 g/mol. The lowest BCUT2D eigenvalue weighted by Crippen LogP contribution is -2.46. The molecule has 0 radical (unpaired) electrons. The van der Waals surface area contributed by atoms with E-state index in [9.17, 15) is 9.59 Å². The molecule has 0 spiro atoms. The molecule has 0 aliphatic carbocycles. The number of amides is 2. The highest BCUT2D eigenvalue weighted by Crippen LogP contribution is 2.33.